The van der Waals surface area contributed by atoms with Crippen LogP contribution in [-0.2, 0) is 9.59 Å². The lowest BCUT2D eigenvalue weighted by Gasteiger charge is -2.41. The van der Waals surface area contributed by atoms with E-state index in [1.165, 1.54) is 12.8 Å². The van der Waals surface area contributed by atoms with Crippen LogP contribution in [0.15, 0.2) is 24.3 Å². The Morgan fingerprint density at radius 1 is 1.11 bits per heavy atom. The largest absolute Gasteiger partial charge is 0.368 e. The van der Waals surface area contributed by atoms with Crippen LogP contribution in [0.1, 0.15) is 32.1 Å². The molecule has 6 nitrogen and oxygen atoms in total. The average molecular weight is 391 g/mol. The molecule has 7 heteroatoms. The number of hydrogen-bond acceptors (Lipinski definition) is 4. The monoisotopic (exact) mass is 390 g/mol. The molecule has 27 heavy (non-hydrogen) atoms. The first kappa shape index (κ1) is 18.6. The van der Waals surface area contributed by atoms with E-state index in [9.17, 15) is 9.59 Å². The molecule has 3 aliphatic rings. The number of rotatable bonds is 3. The van der Waals surface area contributed by atoms with Crippen molar-refractivity contribution >= 4 is 29.1 Å². The molecule has 2 N–H and O–H groups in total. The summed E-state index contributed by atoms with van der Waals surface area (Å²) in [6.45, 7) is 2.90. The van der Waals surface area contributed by atoms with Crippen LogP contribution in [0.3, 0.4) is 0 Å². The Morgan fingerprint density at radius 2 is 1.85 bits per heavy atom. The first-order chi connectivity index (χ1) is 13.1. The number of halogens is 1. The third-order valence-electron chi connectivity index (χ3n) is 6.01. The van der Waals surface area contributed by atoms with Crippen LogP contribution in [0.25, 0.3) is 0 Å². The van der Waals surface area contributed by atoms with Crippen molar-refractivity contribution in [2.24, 2.45) is 0 Å². The number of amides is 2. The van der Waals surface area contributed by atoms with E-state index >= 15 is 0 Å². The number of hydrogen-bond donors (Lipinski definition) is 2. The first-order valence-corrected chi connectivity index (χ1v) is 10.3. The summed E-state index contributed by atoms with van der Waals surface area (Å²) < 4.78 is 0. The maximum atomic E-state index is 12.7. The molecule has 2 heterocycles. The zero-order chi connectivity index (χ0) is 18.8. The predicted octanol–water partition coefficient (Wildman–Crippen LogP) is 1.78. The lowest BCUT2D eigenvalue weighted by atomic mass is 9.87. The van der Waals surface area contributed by atoms with Gasteiger partial charge in [-0.3, -0.25) is 9.59 Å². The highest BCUT2D eigenvalue weighted by Gasteiger charge is 2.37. The number of piperazine rings is 2. The average Bonchev–Trinajstić information content (AvgIpc) is 2.68. The van der Waals surface area contributed by atoms with E-state index in [-0.39, 0.29) is 24.3 Å². The normalized spacial score (nSPS) is 28.5. The van der Waals surface area contributed by atoms with Crippen LogP contribution < -0.4 is 15.5 Å². The molecule has 0 spiro atoms. The third kappa shape index (κ3) is 4.22. The molecule has 1 aromatic rings. The van der Waals surface area contributed by atoms with Gasteiger partial charge in [-0.05, 0) is 31.0 Å². The van der Waals surface area contributed by atoms with Crippen molar-refractivity contribution in [1.82, 2.24) is 15.5 Å². The summed E-state index contributed by atoms with van der Waals surface area (Å²) in [5.41, 5.74) is 1.09. The van der Waals surface area contributed by atoms with E-state index in [0.717, 1.165) is 36.6 Å². The van der Waals surface area contributed by atoms with Crippen molar-refractivity contribution in [3.05, 3.63) is 29.3 Å². The minimum atomic E-state index is -0.400. The Hall–Kier alpha value is -1.79. The Bertz CT molecular complexity index is 705. The molecule has 4 rings (SSSR count). The zero-order valence-corrected chi connectivity index (χ0v) is 16.3. The van der Waals surface area contributed by atoms with Crippen LogP contribution in [0.2, 0.25) is 5.02 Å². The highest BCUT2D eigenvalue weighted by molar-refractivity contribution is 6.30. The van der Waals surface area contributed by atoms with Gasteiger partial charge in [-0.15, -0.1) is 0 Å². The molecule has 2 aliphatic heterocycles. The molecule has 3 atom stereocenters. The molecule has 0 bridgehead atoms. The fourth-order valence-electron chi connectivity index (χ4n) is 4.46. The third-order valence-corrected chi connectivity index (χ3v) is 6.24. The van der Waals surface area contributed by atoms with Crippen LogP contribution >= 0.6 is 11.6 Å². The van der Waals surface area contributed by atoms with E-state index in [1.807, 2.05) is 29.2 Å². The van der Waals surface area contributed by atoms with Gasteiger partial charge in [0.2, 0.25) is 11.8 Å². The van der Waals surface area contributed by atoms with Gasteiger partial charge in [0.05, 0.1) is 12.5 Å². The van der Waals surface area contributed by atoms with Crippen LogP contribution in [0.4, 0.5) is 5.69 Å². The molecule has 0 radical (unpaired) electrons. The SMILES string of the molecule is O=C1NC2CCCCC2NC1CC(=O)N1CCN(c2cccc(Cl)c2)CC1. The highest BCUT2D eigenvalue weighted by Crippen LogP contribution is 2.23. The van der Waals surface area contributed by atoms with E-state index in [1.54, 1.807) is 0 Å². The lowest BCUT2D eigenvalue weighted by Crippen LogP contribution is -2.65. The Morgan fingerprint density at radius 3 is 2.59 bits per heavy atom. The number of fused-ring (bicyclic) bond motifs is 1. The molecule has 1 saturated carbocycles. The van der Waals surface area contributed by atoms with Gasteiger partial charge in [0.1, 0.15) is 0 Å². The summed E-state index contributed by atoms with van der Waals surface area (Å²) in [5.74, 6) is 0.0340. The fourth-order valence-corrected chi connectivity index (χ4v) is 4.65. The van der Waals surface area contributed by atoms with E-state index in [2.05, 4.69) is 15.5 Å². The standard InChI is InChI=1S/C20H27ClN4O2/c21-14-4-3-5-15(12-14)24-8-10-25(11-9-24)19(26)13-18-20(27)23-17-7-2-1-6-16(17)22-18/h3-5,12,16-18,22H,1-2,6-11,13H2,(H,23,27). The summed E-state index contributed by atoms with van der Waals surface area (Å²) >= 11 is 6.08. The van der Waals surface area contributed by atoms with Crippen LogP contribution in [0, 0.1) is 0 Å². The highest BCUT2D eigenvalue weighted by atomic mass is 35.5. The molecule has 1 aliphatic carbocycles. The van der Waals surface area contributed by atoms with Crippen molar-refractivity contribution in [2.45, 2.75) is 50.2 Å². The maximum absolute atomic E-state index is 12.7. The van der Waals surface area contributed by atoms with Crippen molar-refractivity contribution in [1.29, 1.82) is 0 Å². The zero-order valence-electron chi connectivity index (χ0n) is 15.5. The fraction of sp³-hybridized carbons (Fsp3) is 0.600. The number of benzene rings is 1. The summed E-state index contributed by atoms with van der Waals surface area (Å²) in [7, 11) is 0. The second-order valence-electron chi connectivity index (χ2n) is 7.78. The van der Waals surface area contributed by atoms with E-state index in [0.29, 0.717) is 19.1 Å². The topological polar surface area (TPSA) is 64.7 Å². The quantitative estimate of drug-likeness (QED) is 0.825. The molecule has 2 amide bonds. The van der Waals surface area contributed by atoms with Crippen molar-refractivity contribution < 1.29 is 9.59 Å². The molecule has 146 valence electrons. The summed E-state index contributed by atoms with van der Waals surface area (Å²) in [5, 5.41) is 7.27. The molecule has 3 unspecified atom stereocenters. The smallest absolute Gasteiger partial charge is 0.237 e. The Balaban J connectivity index is 1.30. The molecule has 3 fully saturated rings. The predicted molar refractivity (Wildman–Crippen MR) is 106 cm³/mol. The second kappa shape index (κ2) is 8.07. The van der Waals surface area contributed by atoms with Crippen LogP contribution in [-0.4, -0.2) is 61.0 Å². The van der Waals surface area contributed by atoms with Crippen molar-refractivity contribution in [3.63, 3.8) is 0 Å². The minimum Gasteiger partial charge on any atom is -0.368 e. The lowest BCUT2D eigenvalue weighted by molar-refractivity contribution is -0.136. The number of carbonyl (C=O) groups is 2. The summed E-state index contributed by atoms with van der Waals surface area (Å²) in [6, 6.07) is 7.96. The van der Waals surface area contributed by atoms with Gasteiger partial charge in [0, 0.05) is 49.0 Å². The van der Waals surface area contributed by atoms with Gasteiger partial charge >= 0.3 is 0 Å². The Labute approximate surface area is 165 Å². The summed E-state index contributed by atoms with van der Waals surface area (Å²) in [6.07, 6.45) is 4.72. The first-order valence-electron chi connectivity index (χ1n) is 9.95. The van der Waals surface area contributed by atoms with Gasteiger partial charge in [-0.2, -0.15) is 0 Å². The van der Waals surface area contributed by atoms with Gasteiger partial charge < -0.3 is 20.4 Å². The van der Waals surface area contributed by atoms with Gasteiger partial charge in [-0.25, -0.2) is 0 Å². The van der Waals surface area contributed by atoms with E-state index < -0.39 is 6.04 Å². The van der Waals surface area contributed by atoms with Crippen LogP contribution in [0.5, 0.6) is 0 Å². The molecular formula is C20H27ClN4O2. The second-order valence-corrected chi connectivity index (χ2v) is 8.21. The summed E-state index contributed by atoms with van der Waals surface area (Å²) in [4.78, 5) is 29.2. The van der Waals surface area contributed by atoms with Crippen molar-refractivity contribution in [2.75, 3.05) is 31.1 Å². The minimum absolute atomic E-state index is 0.0240. The number of nitrogens with one attached hydrogen (secondary N) is 2. The van der Waals surface area contributed by atoms with E-state index in [4.69, 9.17) is 11.6 Å². The molecule has 0 aromatic heterocycles. The number of carbonyl (C=O) groups excluding carboxylic acids is 2. The van der Waals surface area contributed by atoms with Gasteiger partial charge in [-0.1, -0.05) is 30.5 Å². The molecule has 2 saturated heterocycles. The Kier molecular flexibility index (Phi) is 5.55. The van der Waals surface area contributed by atoms with Crippen molar-refractivity contribution in [3.8, 4) is 0 Å². The number of anilines is 1. The van der Waals surface area contributed by atoms with Gasteiger partial charge in [0.15, 0.2) is 0 Å². The molecular weight excluding hydrogens is 364 g/mol. The van der Waals surface area contributed by atoms with Gasteiger partial charge in [0.25, 0.3) is 0 Å². The maximum Gasteiger partial charge on any atom is 0.237 e. The molecule has 1 aromatic carbocycles. The number of nitrogens with zero attached hydrogens (tertiary/aromatic N) is 2.